The van der Waals surface area contributed by atoms with Gasteiger partial charge in [0.1, 0.15) is 15.5 Å². The summed E-state index contributed by atoms with van der Waals surface area (Å²) in [7, 11) is 0. The molecule has 0 bridgehead atoms. The molecule has 84 valence electrons. The van der Waals surface area contributed by atoms with Gasteiger partial charge in [-0.25, -0.2) is 9.78 Å². The van der Waals surface area contributed by atoms with Crippen molar-refractivity contribution in [3.63, 3.8) is 0 Å². The van der Waals surface area contributed by atoms with Gasteiger partial charge in [-0.3, -0.25) is 0 Å². The molecule has 0 aliphatic heterocycles. The SMILES string of the molecule is CCOC(=O)c1c(Cl)nc2sccc2c1Cl. The molecule has 2 rings (SSSR count). The van der Waals surface area contributed by atoms with Gasteiger partial charge in [-0.15, -0.1) is 11.3 Å². The highest BCUT2D eigenvalue weighted by molar-refractivity contribution is 7.16. The second-order valence-corrected chi connectivity index (χ2v) is 4.58. The normalized spacial score (nSPS) is 10.7. The van der Waals surface area contributed by atoms with E-state index < -0.39 is 5.97 Å². The van der Waals surface area contributed by atoms with Crippen LogP contribution in [0.15, 0.2) is 11.4 Å². The van der Waals surface area contributed by atoms with Crippen LogP contribution in [0, 0.1) is 0 Å². The summed E-state index contributed by atoms with van der Waals surface area (Å²) in [5.41, 5.74) is 0.135. The Kier molecular flexibility index (Phi) is 3.33. The Hall–Kier alpha value is -0.840. The van der Waals surface area contributed by atoms with Crippen LogP contribution in [0.1, 0.15) is 17.3 Å². The van der Waals surface area contributed by atoms with Gasteiger partial charge in [-0.05, 0) is 18.4 Å². The Morgan fingerprint density at radius 3 is 3.00 bits per heavy atom. The molecule has 0 spiro atoms. The van der Waals surface area contributed by atoms with E-state index in [2.05, 4.69) is 4.98 Å². The topological polar surface area (TPSA) is 39.2 Å². The van der Waals surface area contributed by atoms with E-state index in [9.17, 15) is 4.79 Å². The monoisotopic (exact) mass is 275 g/mol. The number of carbonyl (C=O) groups excluding carboxylic acids is 1. The molecule has 0 aliphatic carbocycles. The van der Waals surface area contributed by atoms with Gasteiger partial charge in [-0.1, -0.05) is 23.2 Å². The van der Waals surface area contributed by atoms with E-state index in [1.165, 1.54) is 11.3 Å². The average molecular weight is 276 g/mol. The van der Waals surface area contributed by atoms with Crippen LogP contribution in [0.25, 0.3) is 10.2 Å². The van der Waals surface area contributed by atoms with Crippen LogP contribution >= 0.6 is 34.5 Å². The fourth-order valence-electron chi connectivity index (χ4n) is 1.30. The fraction of sp³-hybridized carbons (Fsp3) is 0.200. The van der Waals surface area contributed by atoms with Gasteiger partial charge in [-0.2, -0.15) is 0 Å². The van der Waals surface area contributed by atoms with Crippen molar-refractivity contribution < 1.29 is 9.53 Å². The molecule has 0 saturated carbocycles. The first-order chi connectivity index (χ1) is 7.65. The predicted molar refractivity (Wildman–Crippen MR) is 65.6 cm³/mol. The van der Waals surface area contributed by atoms with E-state index in [0.29, 0.717) is 9.85 Å². The van der Waals surface area contributed by atoms with Crippen LogP contribution in [0.4, 0.5) is 0 Å². The minimum Gasteiger partial charge on any atom is -0.462 e. The first-order valence-corrected chi connectivity index (χ1v) is 6.18. The zero-order chi connectivity index (χ0) is 11.7. The van der Waals surface area contributed by atoms with Crippen molar-refractivity contribution in [1.29, 1.82) is 0 Å². The summed E-state index contributed by atoms with van der Waals surface area (Å²) in [6.07, 6.45) is 0. The summed E-state index contributed by atoms with van der Waals surface area (Å²) >= 11 is 13.4. The number of carbonyl (C=O) groups is 1. The zero-order valence-electron chi connectivity index (χ0n) is 8.29. The quantitative estimate of drug-likeness (QED) is 0.619. The third-order valence-corrected chi connectivity index (χ3v) is 3.46. The van der Waals surface area contributed by atoms with Gasteiger partial charge >= 0.3 is 5.97 Å². The number of hydrogen-bond donors (Lipinski definition) is 0. The summed E-state index contributed by atoms with van der Waals surface area (Å²) < 4.78 is 4.87. The van der Waals surface area contributed by atoms with Gasteiger partial charge in [0.15, 0.2) is 0 Å². The summed E-state index contributed by atoms with van der Waals surface area (Å²) in [4.78, 5) is 16.4. The largest absolute Gasteiger partial charge is 0.462 e. The van der Waals surface area contributed by atoms with Crippen LogP contribution < -0.4 is 0 Å². The lowest BCUT2D eigenvalue weighted by Gasteiger charge is -2.06. The number of pyridine rings is 1. The van der Waals surface area contributed by atoms with E-state index >= 15 is 0 Å². The van der Waals surface area contributed by atoms with Gasteiger partial charge in [0, 0.05) is 5.39 Å². The van der Waals surface area contributed by atoms with Crippen molar-refractivity contribution in [2.45, 2.75) is 6.92 Å². The lowest BCUT2D eigenvalue weighted by Crippen LogP contribution is -2.07. The molecule has 2 heterocycles. The number of hydrogen-bond acceptors (Lipinski definition) is 4. The molecule has 0 aromatic carbocycles. The van der Waals surface area contributed by atoms with E-state index in [0.717, 1.165) is 5.39 Å². The second-order valence-electron chi connectivity index (χ2n) is 2.95. The predicted octanol–water partition coefficient (Wildman–Crippen LogP) is 3.78. The number of esters is 1. The maximum atomic E-state index is 11.6. The summed E-state index contributed by atoms with van der Waals surface area (Å²) in [5, 5.41) is 2.95. The molecule has 0 unspecified atom stereocenters. The highest BCUT2D eigenvalue weighted by atomic mass is 35.5. The van der Waals surface area contributed by atoms with Crippen molar-refractivity contribution in [1.82, 2.24) is 4.98 Å². The first kappa shape index (κ1) is 11.6. The minimum absolute atomic E-state index is 0.0819. The Bertz CT molecular complexity index is 553. The van der Waals surface area contributed by atoms with Gasteiger partial charge < -0.3 is 4.74 Å². The average Bonchev–Trinajstić information content (AvgIpc) is 2.66. The smallest absolute Gasteiger partial charge is 0.342 e. The van der Waals surface area contributed by atoms with Crippen molar-refractivity contribution in [3.05, 3.63) is 27.2 Å². The molecule has 3 nitrogen and oxygen atoms in total. The number of halogens is 2. The number of ether oxygens (including phenoxy) is 1. The van der Waals surface area contributed by atoms with E-state index in [4.69, 9.17) is 27.9 Å². The summed E-state index contributed by atoms with van der Waals surface area (Å²) in [6.45, 7) is 1.99. The third-order valence-electron chi connectivity index (χ3n) is 1.99. The molecule has 6 heteroatoms. The molecule has 0 atom stereocenters. The Balaban J connectivity index is 2.63. The Labute approximate surface area is 106 Å². The summed E-state index contributed by atoms with van der Waals surface area (Å²) in [5.74, 6) is -0.543. The molecular weight excluding hydrogens is 269 g/mol. The molecule has 0 saturated heterocycles. The van der Waals surface area contributed by atoms with Crippen molar-refractivity contribution >= 4 is 50.7 Å². The highest BCUT2D eigenvalue weighted by Gasteiger charge is 2.20. The molecule has 2 aromatic heterocycles. The number of thiophene rings is 1. The minimum atomic E-state index is -0.543. The van der Waals surface area contributed by atoms with E-state index in [1.807, 2.05) is 5.38 Å². The molecule has 16 heavy (non-hydrogen) atoms. The molecule has 0 amide bonds. The Morgan fingerprint density at radius 1 is 1.56 bits per heavy atom. The number of aromatic nitrogens is 1. The number of rotatable bonds is 2. The van der Waals surface area contributed by atoms with Crippen molar-refractivity contribution in [2.24, 2.45) is 0 Å². The van der Waals surface area contributed by atoms with Gasteiger partial charge in [0.05, 0.1) is 11.6 Å². The maximum Gasteiger partial charge on any atom is 0.342 e. The standard InChI is InChI=1S/C10H7Cl2NO2S/c1-2-15-10(14)6-7(11)5-3-4-16-9(5)13-8(6)12/h3-4H,2H2,1H3. The van der Waals surface area contributed by atoms with Crippen LogP contribution in [0.3, 0.4) is 0 Å². The second kappa shape index (κ2) is 4.57. The van der Waals surface area contributed by atoms with Crippen LogP contribution in [0.5, 0.6) is 0 Å². The van der Waals surface area contributed by atoms with Crippen LogP contribution in [-0.4, -0.2) is 17.6 Å². The number of nitrogens with zero attached hydrogens (tertiary/aromatic N) is 1. The molecule has 2 aromatic rings. The van der Waals surface area contributed by atoms with Crippen molar-refractivity contribution in [2.75, 3.05) is 6.61 Å². The molecular formula is C10H7Cl2NO2S. The third kappa shape index (κ3) is 1.88. The lowest BCUT2D eigenvalue weighted by atomic mass is 10.2. The summed E-state index contributed by atoms with van der Waals surface area (Å²) in [6, 6.07) is 1.80. The van der Waals surface area contributed by atoms with Crippen molar-refractivity contribution in [3.8, 4) is 0 Å². The van der Waals surface area contributed by atoms with E-state index in [1.54, 1.807) is 13.0 Å². The molecule has 0 aliphatic rings. The van der Waals surface area contributed by atoms with Gasteiger partial charge in [0.25, 0.3) is 0 Å². The molecule has 0 radical (unpaired) electrons. The molecule has 0 fully saturated rings. The lowest BCUT2D eigenvalue weighted by molar-refractivity contribution is 0.0526. The first-order valence-electron chi connectivity index (χ1n) is 4.54. The number of fused-ring (bicyclic) bond motifs is 1. The highest BCUT2D eigenvalue weighted by Crippen LogP contribution is 2.33. The van der Waals surface area contributed by atoms with Gasteiger partial charge in [0.2, 0.25) is 0 Å². The molecule has 0 N–H and O–H groups in total. The fourth-order valence-corrected chi connectivity index (χ4v) is 2.81. The zero-order valence-corrected chi connectivity index (χ0v) is 10.6. The Morgan fingerprint density at radius 2 is 2.31 bits per heavy atom. The van der Waals surface area contributed by atoms with E-state index in [-0.39, 0.29) is 17.3 Å². The van der Waals surface area contributed by atoms with Crippen LogP contribution in [-0.2, 0) is 4.74 Å². The van der Waals surface area contributed by atoms with Crippen LogP contribution in [0.2, 0.25) is 10.2 Å². The maximum absolute atomic E-state index is 11.6.